The fourth-order valence-electron chi connectivity index (χ4n) is 3.20. The van der Waals surface area contributed by atoms with Crippen LogP contribution in [0, 0.1) is 0 Å². The summed E-state index contributed by atoms with van der Waals surface area (Å²) in [5.74, 6) is 1.74. The van der Waals surface area contributed by atoms with Gasteiger partial charge in [-0.3, -0.25) is 9.89 Å². The lowest BCUT2D eigenvalue weighted by molar-refractivity contribution is 0.221. The molecule has 0 aromatic heterocycles. The Labute approximate surface area is 157 Å². The van der Waals surface area contributed by atoms with E-state index in [-0.39, 0.29) is 5.75 Å². The molecule has 1 aromatic rings. The average molecular weight is 361 g/mol. The first-order chi connectivity index (χ1) is 12.5. The predicted octanol–water partition coefficient (Wildman–Crippen LogP) is 2.15. The van der Waals surface area contributed by atoms with Crippen LogP contribution in [0.3, 0.4) is 0 Å². The van der Waals surface area contributed by atoms with E-state index in [0.717, 1.165) is 44.0 Å². The first-order valence-electron chi connectivity index (χ1n) is 9.21. The Kier molecular flexibility index (Phi) is 7.78. The van der Waals surface area contributed by atoms with Crippen LogP contribution in [-0.2, 0) is 6.42 Å². The topological polar surface area (TPSA) is 69.1 Å². The summed E-state index contributed by atoms with van der Waals surface area (Å²) >= 11 is 0. The van der Waals surface area contributed by atoms with Gasteiger partial charge >= 0.3 is 0 Å². The molecule has 2 rings (SSSR count). The summed E-state index contributed by atoms with van der Waals surface area (Å²) in [6.45, 7) is 9.94. The second kappa shape index (κ2) is 10.1. The van der Waals surface area contributed by atoms with Crippen molar-refractivity contribution in [3.05, 3.63) is 35.9 Å². The highest BCUT2D eigenvalue weighted by Crippen LogP contribution is 2.23. The summed E-state index contributed by atoms with van der Waals surface area (Å²) in [4.78, 5) is 6.76. The number of guanidine groups is 1. The number of nitrogens with zero attached hydrogens (tertiary/aromatic N) is 2. The third-order valence-electron chi connectivity index (χ3n) is 4.62. The molecule has 6 heteroatoms. The second-order valence-electron chi connectivity index (χ2n) is 6.90. The number of phenolic OH excluding ortho intramolecular Hbond substituents is 1. The molecule has 1 aliphatic rings. The van der Waals surface area contributed by atoms with Gasteiger partial charge in [0.25, 0.3) is 0 Å². The van der Waals surface area contributed by atoms with Crippen LogP contribution in [0.5, 0.6) is 11.5 Å². The van der Waals surface area contributed by atoms with Gasteiger partial charge in [-0.05, 0) is 37.8 Å². The first-order valence-corrected chi connectivity index (χ1v) is 9.21. The van der Waals surface area contributed by atoms with Crippen LogP contribution in [0.2, 0.25) is 0 Å². The minimum Gasteiger partial charge on any atom is -0.508 e. The molecule has 1 fully saturated rings. The number of benzene rings is 1. The summed E-state index contributed by atoms with van der Waals surface area (Å²) in [5.41, 5.74) is 2.11. The molecule has 144 valence electrons. The third-order valence-corrected chi connectivity index (χ3v) is 4.62. The minimum absolute atomic E-state index is 0.263. The molecule has 1 aliphatic heterocycles. The quantitative estimate of drug-likeness (QED) is 0.395. The van der Waals surface area contributed by atoms with E-state index in [1.54, 1.807) is 20.2 Å². The summed E-state index contributed by atoms with van der Waals surface area (Å²) < 4.78 is 5.11. The maximum Gasteiger partial charge on any atom is 0.191 e. The number of hydrogen-bond acceptors (Lipinski definition) is 4. The minimum atomic E-state index is 0.263. The highest BCUT2D eigenvalue weighted by Gasteiger charge is 2.19. The van der Waals surface area contributed by atoms with Gasteiger partial charge in [0, 0.05) is 45.3 Å². The molecule has 0 unspecified atom stereocenters. The van der Waals surface area contributed by atoms with Crippen molar-refractivity contribution in [1.82, 2.24) is 15.5 Å². The van der Waals surface area contributed by atoms with Gasteiger partial charge in [-0.25, -0.2) is 0 Å². The Bertz CT molecular complexity index is 622. The number of ether oxygens (including phenoxy) is 1. The Morgan fingerprint density at radius 3 is 2.69 bits per heavy atom. The molecular weight excluding hydrogens is 328 g/mol. The van der Waals surface area contributed by atoms with Crippen molar-refractivity contribution in [3.63, 3.8) is 0 Å². The van der Waals surface area contributed by atoms with E-state index in [0.29, 0.717) is 24.8 Å². The Hall–Kier alpha value is -2.21. The standard InChI is InChI=1S/C20H32N4O2/c1-15(2)14-24-11-8-17(9-12-24)23-20(21-3)22-10-7-16-5-6-18(26-4)13-19(16)25/h5-6,13,17,25H,1,7-12,14H2,2-4H3,(H2,21,22,23). The number of aliphatic imine (C=N–C) groups is 1. The van der Waals surface area contributed by atoms with Crippen molar-refractivity contribution in [2.24, 2.45) is 4.99 Å². The molecule has 0 saturated carbocycles. The van der Waals surface area contributed by atoms with Crippen LogP contribution in [0.25, 0.3) is 0 Å². The molecule has 0 amide bonds. The number of aromatic hydroxyl groups is 1. The Balaban J connectivity index is 1.74. The smallest absolute Gasteiger partial charge is 0.191 e. The first kappa shape index (κ1) is 20.1. The molecule has 0 atom stereocenters. The molecule has 1 saturated heterocycles. The van der Waals surface area contributed by atoms with E-state index in [2.05, 4.69) is 34.0 Å². The molecule has 26 heavy (non-hydrogen) atoms. The van der Waals surface area contributed by atoms with E-state index in [4.69, 9.17) is 4.74 Å². The van der Waals surface area contributed by atoms with Crippen LogP contribution in [-0.4, -0.2) is 62.3 Å². The number of likely N-dealkylation sites (tertiary alicyclic amines) is 1. The zero-order chi connectivity index (χ0) is 18.9. The van der Waals surface area contributed by atoms with Crippen molar-refractivity contribution in [2.75, 3.05) is 40.3 Å². The fourth-order valence-corrected chi connectivity index (χ4v) is 3.20. The van der Waals surface area contributed by atoms with Crippen molar-refractivity contribution in [3.8, 4) is 11.5 Å². The van der Waals surface area contributed by atoms with E-state index < -0.39 is 0 Å². The number of rotatable bonds is 7. The number of nitrogens with one attached hydrogen (secondary N) is 2. The molecule has 0 spiro atoms. The highest BCUT2D eigenvalue weighted by atomic mass is 16.5. The lowest BCUT2D eigenvalue weighted by Crippen LogP contribution is -2.49. The van der Waals surface area contributed by atoms with E-state index in [9.17, 15) is 5.11 Å². The summed E-state index contributed by atoms with van der Waals surface area (Å²) in [5, 5.41) is 16.9. The van der Waals surface area contributed by atoms with Crippen molar-refractivity contribution < 1.29 is 9.84 Å². The summed E-state index contributed by atoms with van der Waals surface area (Å²) in [7, 11) is 3.38. The van der Waals surface area contributed by atoms with Crippen molar-refractivity contribution in [2.45, 2.75) is 32.2 Å². The average Bonchev–Trinajstić information content (AvgIpc) is 2.63. The fraction of sp³-hybridized carbons (Fsp3) is 0.550. The van der Waals surface area contributed by atoms with Gasteiger partial charge in [0.05, 0.1) is 7.11 Å². The summed E-state index contributed by atoms with van der Waals surface area (Å²) in [6, 6.07) is 5.84. The van der Waals surface area contributed by atoms with Crippen molar-refractivity contribution >= 4 is 5.96 Å². The molecular formula is C20H32N4O2. The molecule has 0 aliphatic carbocycles. The van der Waals surface area contributed by atoms with Crippen molar-refractivity contribution in [1.29, 1.82) is 0 Å². The molecule has 1 aromatic carbocycles. The zero-order valence-corrected chi connectivity index (χ0v) is 16.2. The van der Waals surface area contributed by atoms with Crippen LogP contribution in [0.4, 0.5) is 0 Å². The second-order valence-corrected chi connectivity index (χ2v) is 6.90. The van der Waals surface area contributed by atoms with Gasteiger partial charge < -0.3 is 20.5 Å². The Morgan fingerprint density at radius 2 is 2.12 bits per heavy atom. The normalized spacial score (nSPS) is 16.3. The molecule has 0 radical (unpaired) electrons. The predicted molar refractivity (Wildman–Crippen MR) is 107 cm³/mol. The van der Waals surface area contributed by atoms with Crippen LogP contribution < -0.4 is 15.4 Å². The van der Waals surface area contributed by atoms with Crippen LogP contribution >= 0.6 is 0 Å². The lowest BCUT2D eigenvalue weighted by atomic mass is 10.0. The third kappa shape index (κ3) is 6.26. The maximum absolute atomic E-state index is 10.0. The Morgan fingerprint density at radius 1 is 1.38 bits per heavy atom. The zero-order valence-electron chi connectivity index (χ0n) is 16.2. The number of piperidine rings is 1. The van der Waals surface area contributed by atoms with E-state index in [1.165, 1.54) is 5.57 Å². The summed E-state index contributed by atoms with van der Waals surface area (Å²) in [6.07, 6.45) is 2.92. The van der Waals surface area contributed by atoms with E-state index in [1.807, 2.05) is 12.1 Å². The SMILES string of the molecule is C=C(C)CN1CCC(NC(=NC)NCCc2ccc(OC)cc2O)CC1. The highest BCUT2D eigenvalue weighted by molar-refractivity contribution is 5.80. The monoisotopic (exact) mass is 360 g/mol. The van der Waals surface area contributed by atoms with Crippen LogP contribution in [0.1, 0.15) is 25.3 Å². The van der Waals surface area contributed by atoms with Gasteiger partial charge in [0.2, 0.25) is 0 Å². The van der Waals surface area contributed by atoms with Gasteiger partial charge in [0.1, 0.15) is 11.5 Å². The number of methoxy groups -OCH3 is 1. The maximum atomic E-state index is 10.0. The van der Waals surface area contributed by atoms with Crippen LogP contribution in [0.15, 0.2) is 35.3 Å². The van der Waals surface area contributed by atoms with Gasteiger partial charge in [0.15, 0.2) is 5.96 Å². The number of phenols is 1. The van der Waals surface area contributed by atoms with E-state index >= 15 is 0 Å². The number of hydrogen-bond donors (Lipinski definition) is 3. The lowest BCUT2D eigenvalue weighted by Gasteiger charge is -2.33. The van der Waals surface area contributed by atoms with Gasteiger partial charge in [-0.15, -0.1) is 0 Å². The van der Waals surface area contributed by atoms with Gasteiger partial charge in [-0.2, -0.15) is 0 Å². The van der Waals surface area contributed by atoms with Gasteiger partial charge in [-0.1, -0.05) is 18.2 Å². The molecule has 1 heterocycles. The molecule has 0 bridgehead atoms. The molecule has 6 nitrogen and oxygen atoms in total. The molecule has 3 N–H and O–H groups in total. The largest absolute Gasteiger partial charge is 0.508 e.